The van der Waals surface area contributed by atoms with E-state index in [1.54, 1.807) is 0 Å². The van der Waals surface area contributed by atoms with Crippen LogP contribution in [0.1, 0.15) is 27.3 Å². The molecule has 230 valence electrons. The molecular formula is C43H39BN2O. The van der Waals surface area contributed by atoms with E-state index in [1.807, 2.05) is 67.8 Å². The first-order valence-corrected chi connectivity index (χ1v) is 16.1. The van der Waals surface area contributed by atoms with Crippen molar-refractivity contribution in [3.05, 3.63) is 211 Å². The van der Waals surface area contributed by atoms with Gasteiger partial charge in [0, 0.05) is 18.1 Å². The first-order chi connectivity index (χ1) is 23.1. The van der Waals surface area contributed by atoms with Crippen molar-refractivity contribution >= 4 is 33.8 Å². The van der Waals surface area contributed by atoms with Gasteiger partial charge in [-0.3, -0.25) is 4.79 Å². The van der Waals surface area contributed by atoms with Crippen LogP contribution in [0.25, 0.3) is 0 Å². The van der Waals surface area contributed by atoms with Crippen molar-refractivity contribution in [2.45, 2.75) is 13.5 Å². The van der Waals surface area contributed by atoms with Gasteiger partial charge in [-0.15, -0.1) is 0 Å². The molecule has 1 aromatic heterocycles. The molecule has 0 saturated carbocycles. The van der Waals surface area contributed by atoms with Crippen LogP contribution >= 0.6 is 0 Å². The number of aryl methyl sites for hydroxylation is 1. The second kappa shape index (κ2) is 14.6. The Bertz CT molecular complexity index is 1840. The number of hydrogen-bond donors (Lipinski definition) is 0. The minimum atomic E-state index is -1.22. The third-order valence-corrected chi connectivity index (χ3v) is 9.20. The molecule has 47 heavy (non-hydrogen) atoms. The minimum absolute atomic E-state index is 0.0655. The van der Waals surface area contributed by atoms with Crippen LogP contribution in [-0.4, -0.2) is 16.5 Å². The number of imidazole rings is 1. The molecule has 7 aromatic rings. The molecule has 4 heteroatoms. The monoisotopic (exact) mass is 610 g/mol. The molecule has 0 aliphatic carbocycles. The van der Waals surface area contributed by atoms with E-state index in [1.165, 1.54) is 33.2 Å². The molecule has 7 rings (SSSR count). The minimum Gasteiger partial charge on any atom is -0.289 e. The highest BCUT2D eigenvalue weighted by Gasteiger charge is 2.31. The largest absolute Gasteiger partial charge is 0.289 e. The highest BCUT2D eigenvalue weighted by molar-refractivity contribution is 7.19. The lowest BCUT2D eigenvalue weighted by Gasteiger charge is -2.44. The number of hydrogen-bond acceptors (Lipinski definition) is 1. The van der Waals surface area contributed by atoms with Crippen molar-refractivity contribution in [2.75, 3.05) is 0 Å². The highest BCUT2D eigenvalue weighted by atomic mass is 16.1. The number of nitrogens with zero attached hydrogens (tertiary/aromatic N) is 2. The van der Waals surface area contributed by atoms with Gasteiger partial charge in [-0.2, -0.15) is 21.9 Å². The maximum atomic E-state index is 12.4. The van der Waals surface area contributed by atoms with Crippen molar-refractivity contribution in [1.82, 2.24) is 4.57 Å². The lowest BCUT2D eigenvalue weighted by molar-refractivity contribution is -0.677. The highest BCUT2D eigenvalue weighted by Crippen LogP contribution is 2.13. The fourth-order valence-corrected chi connectivity index (χ4v) is 6.60. The van der Waals surface area contributed by atoms with Gasteiger partial charge in [0.2, 0.25) is 0 Å². The molecule has 0 bridgehead atoms. The van der Waals surface area contributed by atoms with Gasteiger partial charge in [0.1, 0.15) is 25.1 Å². The predicted octanol–water partition coefficient (Wildman–Crippen LogP) is 5.96. The summed E-state index contributed by atoms with van der Waals surface area (Å²) in [6.07, 6.45) is 2.90. The number of benzene rings is 6. The zero-order valence-corrected chi connectivity index (χ0v) is 27.0. The number of aromatic nitrogens is 2. The van der Waals surface area contributed by atoms with E-state index in [2.05, 4.69) is 144 Å². The van der Waals surface area contributed by atoms with Crippen LogP contribution in [0.15, 0.2) is 188 Å². The summed E-state index contributed by atoms with van der Waals surface area (Å²) in [5.74, 6) is 1.26. The standard InChI is InChI=1S/C24H20B.C19H19N2O/c1-5-13-21(14-6-1)25(22-15-7-2-8-16-22,23-17-9-3-10-18-23)24-19-11-4-12-20-24;1-15-20(2)12-13-21(15)14-16-8-10-18(11-9-16)19(22)17-6-4-3-5-7-17/h1-20H;3-13H,14H2,1-2H3/q-1;+1. The molecule has 0 unspecified atom stereocenters. The molecule has 0 radical (unpaired) electrons. The number of carbonyl (C=O) groups is 1. The average molecular weight is 611 g/mol. The predicted molar refractivity (Wildman–Crippen MR) is 196 cm³/mol. The molecule has 3 nitrogen and oxygen atoms in total. The third-order valence-electron chi connectivity index (χ3n) is 9.20. The van der Waals surface area contributed by atoms with Crippen molar-refractivity contribution < 1.29 is 9.36 Å². The van der Waals surface area contributed by atoms with Crippen LogP contribution in [-0.2, 0) is 13.6 Å². The molecule has 0 fully saturated rings. The van der Waals surface area contributed by atoms with Crippen molar-refractivity contribution in [3.8, 4) is 0 Å². The maximum Gasteiger partial charge on any atom is 0.253 e. The van der Waals surface area contributed by atoms with Crippen LogP contribution in [0.4, 0.5) is 0 Å². The van der Waals surface area contributed by atoms with Crippen LogP contribution in [0.2, 0.25) is 0 Å². The molecule has 0 saturated heterocycles. The Morgan fingerprint density at radius 1 is 0.532 bits per heavy atom. The van der Waals surface area contributed by atoms with Gasteiger partial charge >= 0.3 is 0 Å². The normalized spacial score (nSPS) is 10.9. The second-order valence-electron chi connectivity index (χ2n) is 12.0. The van der Waals surface area contributed by atoms with Crippen LogP contribution in [0.3, 0.4) is 0 Å². The summed E-state index contributed by atoms with van der Waals surface area (Å²) in [5, 5.41) is 0. The zero-order chi connectivity index (χ0) is 32.5. The van der Waals surface area contributed by atoms with E-state index in [9.17, 15) is 4.79 Å². The zero-order valence-electron chi connectivity index (χ0n) is 27.0. The summed E-state index contributed by atoms with van der Waals surface area (Å²) < 4.78 is 4.28. The molecular weight excluding hydrogens is 571 g/mol. The second-order valence-corrected chi connectivity index (χ2v) is 12.0. The Morgan fingerprint density at radius 2 is 0.894 bits per heavy atom. The molecule has 0 atom stereocenters. The topological polar surface area (TPSA) is 25.9 Å². The summed E-state index contributed by atoms with van der Waals surface area (Å²) in [6, 6.07) is 60.8. The van der Waals surface area contributed by atoms with Gasteiger partial charge in [0.25, 0.3) is 5.82 Å². The Labute approximate surface area is 278 Å². The van der Waals surface area contributed by atoms with E-state index in [0.717, 1.165) is 17.7 Å². The first kappa shape index (κ1) is 31.3. The molecule has 0 spiro atoms. The summed E-state index contributed by atoms with van der Waals surface area (Å²) >= 11 is 0. The van der Waals surface area contributed by atoms with Gasteiger partial charge in [-0.25, -0.2) is 9.13 Å². The van der Waals surface area contributed by atoms with Gasteiger partial charge in [0.15, 0.2) is 5.78 Å². The van der Waals surface area contributed by atoms with Crippen LogP contribution in [0, 0.1) is 6.92 Å². The number of ketones is 1. The summed E-state index contributed by atoms with van der Waals surface area (Å²) in [6.45, 7) is 2.90. The quantitative estimate of drug-likeness (QED) is 0.118. The Hall–Kier alpha value is -5.74. The van der Waals surface area contributed by atoms with E-state index in [4.69, 9.17) is 0 Å². The van der Waals surface area contributed by atoms with E-state index >= 15 is 0 Å². The number of carbonyl (C=O) groups excluding carboxylic acids is 1. The molecule has 0 aliphatic heterocycles. The Kier molecular flexibility index (Phi) is 9.69. The summed E-state index contributed by atoms with van der Waals surface area (Å²) in [7, 11) is 2.04. The van der Waals surface area contributed by atoms with Crippen molar-refractivity contribution in [2.24, 2.45) is 7.05 Å². The van der Waals surface area contributed by atoms with E-state index in [0.29, 0.717) is 0 Å². The Morgan fingerprint density at radius 3 is 1.26 bits per heavy atom. The van der Waals surface area contributed by atoms with E-state index in [-0.39, 0.29) is 5.78 Å². The van der Waals surface area contributed by atoms with Crippen LogP contribution < -0.4 is 26.4 Å². The summed E-state index contributed by atoms with van der Waals surface area (Å²) in [4.78, 5) is 12.4. The SMILES string of the molecule is Cc1n(Cc2ccc(C(=O)c3ccccc3)cc2)cc[n+]1C.c1ccc([B-](c2ccccc2)(c2ccccc2)c2ccccc2)cc1. The fraction of sp³-hybridized carbons (Fsp3) is 0.0698. The third kappa shape index (κ3) is 6.78. The first-order valence-electron chi connectivity index (χ1n) is 16.1. The number of rotatable bonds is 8. The van der Waals surface area contributed by atoms with Crippen molar-refractivity contribution in [3.63, 3.8) is 0 Å². The fourth-order valence-electron chi connectivity index (χ4n) is 6.60. The average Bonchev–Trinajstić information content (AvgIpc) is 3.46. The molecule has 0 amide bonds. The van der Waals surface area contributed by atoms with Crippen LogP contribution in [0.5, 0.6) is 0 Å². The molecule has 0 N–H and O–H groups in total. The van der Waals surface area contributed by atoms with Gasteiger partial charge in [0.05, 0.1) is 7.05 Å². The van der Waals surface area contributed by atoms with Gasteiger partial charge in [-0.1, -0.05) is 176 Å². The molecule has 1 heterocycles. The molecule has 0 aliphatic rings. The smallest absolute Gasteiger partial charge is 0.253 e. The molecule has 6 aromatic carbocycles. The van der Waals surface area contributed by atoms with E-state index < -0.39 is 6.15 Å². The summed E-state index contributed by atoms with van der Waals surface area (Å²) in [5.41, 5.74) is 7.99. The van der Waals surface area contributed by atoms with Gasteiger partial charge < -0.3 is 0 Å². The van der Waals surface area contributed by atoms with Gasteiger partial charge in [-0.05, 0) is 5.56 Å². The Balaban J connectivity index is 0.000000166. The lowest BCUT2D eigenvalue weighted by atomic mass is 9.13. The lowest BCUT2D eigenvalue weighted by Crippen LogP contribution is -2.74. The maximum absolute atomic E-state index is 12.4. The van der Waals surface area contributed by atoms with Crippen molar-refractivity contribution in [1.29, 1.82) is 0 Å².